The van der Waals surface area contributed by atoms with Crippen LogP contribution in [0.15, 0.2) is 48.5 Å². The summed E-state index contributed by atoms with van der Waals surface area (Å²) in [5, 5.41) is 7.30. The first-order valence-electron chi connectivity index (χ1n) is 17.9. The minimum absolute atomic E-state index is 0.0266. The molecule has 6 nitrogen and oxygen atoms in total. The number of carbonyl (C=O) groups excluding carboxylic acids is 2. The smallest absolute Gasteiger partial charge is 0.245 e. The zero-order chi connectivity index (χ0) is 31.0. The average molecular weight is 633 g/mol. The topological polar surface area (TPSA) is 64.7 Å². The highest BCUT2D eigenvalue weighted by atomic mass is 35.5. The second kappa shape index (κ2) is 15.9. The first-order chi connectivity index (χ1) is 22.0. The van der Waals surface area contributed by atoms with Crippen molar-refractivity contribution in [1.29, 1.82) is 0 Å². The van der Waals surface area contributed by atoms with Crippen LogP contribution in [0.3, 0.4) is 0 Å². The molecule has 6 rings (SSSR count). The third kappa shape index (κ3) is 8.90. The van der Waals surface area contributed by atoms with Gasteiger partial charge in [-0.2, -0.15) is 0 Å². The summed E-state index contributed by atoms with van der Waals surface area (Å²) in [6.45, 7) is 4.10. The summed E-state index contributed by atoms with van der Waals surface area (Å²) in [5.74, 6) is 1.68. The maximum atomic E-state index is 14.1. The fourth-order valence-corrected chi connectivity index (χ4v) is 8.72. The largest absolute Gasteiger partial charge is 0.344 e. The second-order valence-corrected chi connectivity index (χ2v) is 14.7. The lowest BCUT2D eigenvalue weighted by Gasteiger charge is -2.43. The molecule has 0 aromatic heterocycles. The van der Waals surface area contributed by atoms with E-state index < -0.39 is 6.04 Å². The lowest BCUT2D eigenvalue weighted by atomic mass is 9.79. The van der Waals surface area contributed by atoms with Crippen LogP contribution in [-0.4, -0.2) is 59.9 Å². The highest BCUT2D eigenvalue weighted by Crippen LogP contribution is 2.35. The molecule has 0 spiro atoms. The monoisotopic (exact) mass is 632 g/mol. The fraction of sp³-hybridized carbons (Fsp3) is 0.632. The minimum Gasteiger partial charge on any atom is -0.344 e. The van der Waals surface area contributed by atoms with Crippen LogP contribution in [0.1, 0.15) is 106 Å². The Morgan fingerprint density at radius 2 is 1.44 bits per heavy atom. The molecule has 7 heteroatoms. The van der Waals surface area contributed by atoms with E-state index in [0.29, 0.717) is 23.9 Å². The molecule has 1 saturated heterocycles. The summed E-state index contributed by atoms with van der Waals surface area (Å²) in [6, 6.07) is 15.9. The number of fused-ring (bicyclic) bond motifs is 1. The Morgan fingerprint density at radius 3 is 2.09 bits per heavy atom. The summed E-state index contributed by atoms with van der Waals surface area (Å²) < 4.78 is 0. The van der Waals surface area contributed by atoms with Gasteiger partial charge in [-0.15, -0.1) is 0 Å². The van der Waals surface area contributed by atoms with Crippen molar-refractivity contribution in [3.05, 3.63) is 70.2 Å². The molecule has 2 aliphatic heterocycles. The fourth-order valence-electron chi connectivity index (χ4n) is 8.59. The first kappa shape index (κ1) is 32.5. The zero-order valence-corrected chi connectivity index (χ0v) is 27.8. The van der Waals surface area contributed by atoms with Gasteiger partial charge >= 0.3 is 0 Å². The predicted molar refractivity (Wildman–Crippen MR) is 182 cm³/mol. The van der Waals surface area contributed by atoms with E-state index in [-0.39, 0.29) is 17.9 Å². The van der Waals surface area contributed by atoms with Gasteiger partial charge in [0.05, 0.1) is 0 Å². The number of carbonyl (C=O) groups is 2. The van der Waals surface area contributed by atoms with Crippen LogP contribution in [0.25, 0.3) is 0 Å². The number of benzene rings is 2. The van der Waals surface area contributed by atoms with E-state index in [1.165, 1.54) is 88.2 Å². The van der Waals surface area contributed by atoms with Crippen molar-refractivity contribution < 1.29 is 9.59 Å². The van der Waals surface area contributed by atoms with Gasteiger partial charge < -0.3 is 15.5 Å². The Kier molecular flexibility index (Phi) is 11.5. The number of rotatable bonds is 11. The van der Waals surface area contributed by atoms with E-state index in [4.69, 9.17) is 11.6 Å². The van der Waals surface area contributed by atoms with Crippen molar-refractivity contribution in [2.24, 2.45) is 11.8 Å². The first-order valence-corrected chi connectivity index (χ1v) is 18.3. The molecule has 2 heterocycles. The second-order valence-electron chi connectivity index (χ2n) is 14.3. The average Bonchev–Trinajstić information content (AvgIpc) is 3.48. The van der Waals surface area contributed by atoms with Crippen molar-refractivity contribution >= 4 is 23.4 Å². The van der Waals surface area contributed by atoms with E-state index in [0.717, 1.165) is 50.1 Å². The van der Waals surface area contributed by atoms with Crippen LogP contribution in [0.4, 0.5) is 0 Å². The lowest BCUT2D eigenvalue weighted by molar-refractivity contribution is -0.138. The van der Waals surface area contributed by atoms with Crippen LogP contribution in [-0.2, 0) is 22.6 Å². The Balaban J connectivity index is 1.09. The number of nitrogens with one attached hydrogen (secondary N) is 2. The van der Waals surface area contributed by atoms with Gasteiger partial charge in [-0.25, -0.2) is 0 Å². The van der Waals surface area contributed by atoms with E-state index in [9.17, 15) is 9.59 Å². The van der Waals surface area contributed by atoms with Crippen LogP contribution in [0, 0.1) is 11.8 Å². The van der Waals surface area contributed by atoms with Crippen molar-refractivity contribution in [1.82, 2.24) is 20.4 Å². The SMILES string of the molecule is O=C(CC1NCc2ccccc21)NC(Cc1ccc(Cl)cc1)C(=O)N1CCN(C(CC2CCCCC2)CC2CCCCC2)CC1. The molecule has 244 valence electrons. The van der Waals surface area contributed by atoms with Crippen LogP contribution >= 0.6 is 11.6 Å². The number of nitrogens with zero attached hydrogens (tertiary/aromatic N) is 2. The van der Waals surface area contributed by atoms with Gasteiger partial charge in [0, 0.05) is 62.7 Å². The van der Waals surface area contributed by atoms with Gasteiger partial charge in [0.2, 0.25) is 11.8 Å². The van der Waals surface area contributed by atoms with Crippen molar-refractivity contribution in [2.45, 2.75) is 115 Å². The van der Waals surface area contributed by atoms with E-state index in [1.807, 2.05) is 41.3 Å². The molecular weight excluding hydrogens is 580 g/mol. The maximum absolute atomic E-state index is 14.1. The Morgan fingerprint density at radius 1 is 0.822 bits per heavy atom. The van der Waals surface area contributed by atoms with E-state index in [2.05, 4.69) is 27.7 Å². The quantitative estimate of drug-likeness (QED) is 0.279. The molecule has 0 bridgehead atoms. The van der Waals surface area contributed by atoms with Crippen LogP contribution in [0.2, 0.25) is 5.02 Å². The van der Waals surface area contributed by atoms with E-state index in [1.54, 1.807) is 0 Å². The lowest BCUT2D eigenvalue weighted by Crippen LogP contribution is -2.57. The molecule has 2 atom stereocenters. The summed E-state index contributed by atoms with van der Waals surface area (Å²) in [6.07, 6.45) is 17.4. The van der Waals surface area contributed by atoms with Gasteiger partial charge in [0.25, 0.3) is 0 Å². The molecule has 2 saturated carbocycles. The summed E-state index contributed by atoms with van der Waals surface area (Å²) >= 11 is 6.16. The highest BCUT2D eigenvalue weighted by molar-refractivity contribution is 6.30. The molecule has 2 amide bonds. The third-order valence-electron chi connectivity index (χ3n) is 11.1. The van der Waals surface area contributed by atoms with Crippen LogP contribution < -0.4 is 10.6 Å². The Bertz CT molecular complexity index is 1230. The molecule has 3 fully saturated rings. The molecule has 2 aliphatic carbocycles. The molecule has 0 radical (unpaired) electrons. The van der Waals surface area contributed by atoms with Gasteiger partial charge in [0.1, 0.15) is 6.04 Å². The number of hydrogen-bond acceptors (Lipinski definition) is 4. The minimum atomic E-state index is -0.595. The van der Waals surface area contributed by atoms with Crippen molar-refractivity contribution in [3.63, 3.8) is 0 Å². The molecule has 4 aliphatic rings. The predicted octanol–water partition coefficient (Wildman–Crippen LogP) is 7.06. The number of piperazine rings is 1. The zero-order valence-electron chi connectivity index (χ0n) is 27.0. The number of amides is 2. The molecule has 2 unspecified atom stereocenters. The number of halogens is 1. The van der Waals surface area contributed by atoms with Gasteiger partial charge in [-0.05, 0) is 53.5 Å². The normalized spacial score (nSPS) is 22.4. The number of hydrogen-bond donors (Lipinski definition) is 2. The van der Waals surface area contributed by atoms with Gasteiger partial charge in [-0.3, -0.25) is 14.5 Å². The molecule has 45 heavy (non-hydrogen) atoms. The summed E-state index contributed by atoms with van der Waals surface area (Å²) in [5.41, 5.74) is 3.42. The molecular formula is C38H53ClN4O2. The van der Waals surface area contributed by atoms with Gasteiger partial charge in [-0.1, -0.05) is 112 Å². The van der Waals surface area contributed by atoms with Crippen LogP contribution in [0.5, 0.6) is 0 Å². The maximum Gasteiger partial charge on any atom is 0.245 e. The van der Waals surface area contributed by atoms with Crippen molar-refractivity contribution in [3.8, 4) is 0 Å². The van der Waals surface area contributed by atoms with Gasteiger partial charge in [0.15, 0.2) is 0 Å². The Labute approximate surface area is 275 Å². The summed E-state index contributed by atoms with van der Waals surface area (Å²) in [4.78, 5) is 32.3. The highest BCUT2D eigenvalue weighted by Gasteiger charge is 2.34. The Hall–Kier alpha value is -2.41. The van der Waals surface area contributed by atoms with Crippen molar-refractivity contribution in [2.75, 3.05) is 26.2 Å². The third-order valence-corrected chi connectivity index (χ3v) is 11.4. The molecule has 2 aromatic rings. The molecule has 2 N–H and O–H groups in total. The standard InChI is InChI=1S/C38H53ClN4O2/c39-32-17-15-30(16-18-32)25-36(41-37(44)26-35-34-14-8-7-13-31(34)27-40-35)38(45)43-21-19-42(20-22-43)33(23-28-9-3-1-4-10-28)24-29-11-5-2-6-12-29/h7-8,13-18,28-29,33,35-36,40H,1-6,9-12,19-27H2,(H,41,44). The summed E-state index contributed by atoms with van der Waals surface area (Å²) in [7, 11) is 0. The molecule has 2 aromatic carbocycles. The van der Waals surface area contributed by atoms with E-state index >= 15 is 0 Å².